The van der Waals surface area contributed by atoms with Crippen LogP contribution in [0.3, 0.4) is 0 Å². The molecule has 0 aliphatic rings. The van der Waals surface area contributed by atoms with Gasteiger partial charge in [-0.3, -0.25) is 5.32 Å². The first kappa shape index (κ1) is 28.4. The van der Waals surface area contributed by atoms with Crippen molar-refractivity contribution in [3.8, 4) is 28.3 Å². The Morgan fingerprint density at radius 3 is 2.44 bits per heavy atom. The van der Waals surface area contributed by atoms with Gasteiger partial charge in [-0.25, -0.2) is 23.4 Å². The monoisotopic (exact) mass is 559 g/mol. The summed E-state index contributed by atoms with van der Waals surface area (Å²) in [5, 5.41) is 19.9. The second-order valence-electron chi connectivity index (χ2n) is 8.39. The van der Waals surface area contributed by atoms with Crippen LogP contribution in [0.1, 0.15) is 16.2 Å². The van der Waals surface area contributed by atoms with Gasteiger partial charge in [0.2, 0.25) is 0 Å². The molecule has 2 N–H and O–H groups in total. The van der Waals surface area contributed by atoms with E-state index in [9.17, 15) is 23.5 Å². The SMILES string of the molecule is C=C/C=C(\C=C)COC(=O)Nc1c(C)nnn1-c1ccc(-c2cc(F)c(Oc3cccnc3C(=O)O)c(F)c2)cc1. The van der Waals surface area contributed by atoms with Gasteiger partial charge in [-0.1, -0.05) is 48.7 Å². The lowest BCUT2D eigenvalue weighted by Crippen LogP contribution is -2.18. The van der Waals surface area contributed by atoms with E-state index >= 15 is 0 Å². The molecule has 41 heavy (non-hydrogen) atoms. The number of aromatic nitrogens is 4. The number of carboxylic acid groups (broad SMARTS) is 1. The number of hydrogen-bond donors (Lipinski definition) is 2. The Morgan fingerprint density at radius 1 is 1.10 bits per heavy atom. The van der Waals surface area contributed by atoms with E-state index in [4.69, 9.17) is 9.47 Å². The molecule has 0 saturated heterocycles. The molecule has 1 amide bonds. The third-order valence-electron chi connectivity index (χ3n) is 5.65. The number of carboxylic acids is 1. The Kier molecular flexibility index (Phi) is 8.63. The van der Waals surface area contributed by atoms with Gasteiger partial charge in [0, 0.05) is 6.20 Å². The first-order valence-electron chi connectivity index (χ1n) is 12.0. The van der Waals surface area contributed by atoms with Crippen LogP contribution in [0.15, 0.2) is 91.7 Å². The molecule has 10 nitrogen and oxygen atoms in total. The number of carbonyl (C=O) groups is 2. The van der Waals surface area contributed by atoms with Crippen LogP contribution in [0.2, 0.25) is 0 Å². The molecule has 0 spiro atoms. The maximum atomic E-state index is 14.9. The zero-order valence-electron chi connectivity index (χ0n) is 21.7. The summed E-state index contributed by atoms with van der Waals surface area (Å²) in [7, 11) is 0. The predicted octanol–water partition coefficient (Wildman–Crippen LogP) is 6.25. The fourth-order valence-electron chi connectivity index (χ4n) is 3.65. The van der Waals surface area contributed by atoms with E-state index < -0.39 is 35.1 Å². The molecular weight excluding hydrogens is 536 g/mol. The molecule has 2 heterocycles. The lowest BCUT2D eigenvalue weighted by Gasteiger charge is -2.12. The Bertz CT molecular complexity index is 1640. The second kappa shape index (κ2) is 12.5. The summed E-state index contributed by atoms with van der Waals surface area (Å²) < 4.78 is 41.6. The molecule has 0 bridgehead atoms. The van der Waals surface area contributed by atoms with Crippen LogP contribution in [-0.4, -0.2) is 43.8 Å². The van der Waals surface area contributed by atoms with Gasteiger partial charge in [-0.15, -0.1) is 5.10 Å². The normalized spacial score (nSPS) is 11.0. The summed E-state index contributed by atoms with van der Waals surface area (Å²) >= 11 is 0. The molecule has 0 fully saturated rings. The summed E-state index contributed by atoms with van der Waals surface area (Å²) in [5.41, 5.74) is 1.76. The highest BCUT2D eigenvalue weighted by atomic mass is 19.1. The molecular formula is C29H23F2N5O5. The molecule has 0 aliphatic heterocycles. The number of pyridine rings is 1. The number of rotatable bonds is 10. The van der Waals surface area contributed by atoms with Crippen molar-refractivity contribution in [3.05, 3.63) is 115 Å². The molecule has 2 aromatic carbocycles. The minimum atomic E-state index is -1.40. The summed E-state index contributed by atoms with van der Waals surface area (Å²) in [4.78, 5) is 27.4. The van der Waals surface area contributed by atoms with Crippen LogP contribution >= 0.6 is 0 Å². The maximum Gasteiger partial charge on any atom is 0.413 e. The number of benzene rings is 2. The van der Waals surface area contributed by atoms with E-state index in [1.807, 2.05) is 0 Å². The van der Waals surface area contributed by atoms with E-state index in [1.54, 1.807) is 49.4 Å². The zero-order valence-corrected chi connectivity index (χ0v) is 21.7. The number of carbonyl (C=O) groups excluding carboxylic acids is 1. The summed E-state index contributed by atoms with van der Waals surface area (Å²) in [6.07, 6.45) is 5.24. The van der Waals surface area contributed by atoms with Gasteiger partial charge in [-0.2, -0.15) is 4.68 Å². The van der Waals surface area contributed by atoms with Crippen LogP contribution in [0, 0.1) is 18.6 Å². The molecule has 0 atom stereocenters. The molecule has 4 rings (SSSR count). The Labute approximate surface area is 232 Å². The van der Waals surface area contributed by atoms with Crippen molar-refractivity contribution in [2.24, 2.45) is 0 Å². The van der Waals surface area contributed by atoms with E-state index in [0.717, 1.165) is 12.1 Å². The number of aryl methyl sites for hydroxylation is 1. The van der Waals surface area contributed by atoms with E-state index in [-0.39, 0.29) is 23.7 Å². The summed E-state index contributed by atoms with van der Waals surface area (Å²) in [6, 6.07) is 11.2. The third-order valence-corrected chi connectivity index (χ3v) is 5.65. The average Bonchev–Trinajstić information content (AvgIpc) is 3.32. The van der Waals surface area contributed by atoms with Gasteiger partial charge in [-0.05, 0) is 60.0 Å². The molecule has 208 valence electrons. The first-order chi connectivity index (χ1) is 19.7. The lowest BCUT2D eigenvalue weighted by atomic mass is 10.0. The third kappa shape index (κ3) is 6.50. The molecule has 0 saturated carbocycles. The smallest absolute Gasteiger partial charge is 0.413 e. The zero-order chi connectivity index (χ0) is 29.5. The van der Waals surface area contributed by atoms with Gasteiger partial charge in [0.05, 0.1) is 5.69 Å². The largest absolute Gasteiger partial charge is 0.476 e. The van der Waals surface area contributed by atoms with Gasteiger partial charge < -0.3 is 14.6 Å². The number of hydrogen-bond acceptors (Lipinski definition) is 7. The topological polar surface area (TPSA) is 128 Å². The van der Waals surface area contributed by atoms with Crippen LogP contribution in [-0.2, 0) is 4.74 Å². The molecule has 4 aromatic rings. The Hall–Kier alpha value is -5.65. The fourth-order valence-corrected chi connectivity index (χ4v) is 3.65. The molecule has 2 aromatic heterocycles. The van der Waals surface area contributed by atoms with Crippen molar-refractivity contribution in [2.75, 3.05) is 11.9 Å². The first-order valence-corrected chi connectivity index (χ1v) is 12.0. The quantitative estimate of drug-likeness (QED) is 0.218. The highest BCUT2D eigenvalue weighted by Gasteiger charge is 2.20. The summed E-state index contributed by atoms with van der Waals surface area (Å²) in [5.74, 6) is -4.28. The molecule has 0 radical (unpaired) electrons. The second-order valence-corrected chi connectivity index (χ2v) is 8.39. The minimum absolute atomic E-state index is 0.0173. The van der Waals surface area contributed by atoms with E-state index in [0.29, 0.717) is 22.5 Å². The summed E-state index contributed by atoms with van der Waals surface area (Å²) in [6.45, 7) is 8.88. The Balaban J connectivity index is 1.53. The van der Waals surface area contributed by atoms with Crippen molar-refractivity contribution in [1.82, 2.24) is 20.0 Å². The van der Waals surface area contributed by atoms with Crippen molar-refractivity contribution in [1.29, 1.82) is 0 Å². The highest BCUT2D eigenvalue weighted by molar-refractivity contribution is 5.88. The van der Waals surface area contributed by atoms with Crippen molar-refractivity contribution >= 4 is 17.9 Å². The van der Waals surface area contributed by atoms with Crippen LogP contribution in [0.5, 0.6) is 11.5 Å². The lowest BCUT2D eigenvalue weighted by molar-refractivity contribution is 0.0687. The van der Waals surface area contributed by atoms with Crippen LogP contribution < -0.4 is 10.1 Å². The fraction of sp³-hybridized carbons (Fsp3) is 0.0690. The number of ether oxygens (including phenoxy) is 2. The van der Waals surface area contributed by atoms with E-state index in [1.165, 1.54) is 23.0 Å². The van der Waals surface area contributed by atoms with Gasteiger partial charge >= 0.3 is 12.1 Å². The molecule has 12 heteroatoms. The van der Waals surface area contributed by atoms with Crippen molar-refractivity contribution < 1.29 is 33.0 Å². The number of nitrogens with one attached hydrogen (secondary N) is 1. The van der Waals surface area contributed by atoms with Gasteiger partial charge in [0.15, 0.2) is 34.6 Å². The maximum absolute atomic E-state index is 14.9. The van der Waals surface area contributed by atoms with Crippen LogP contribution in [0.4, 0.5) is 19.4 Å². The predicted molar refractivity (Wildman–Crippen MR) is 146 cm³/mol. The Morgan fingerprint density at radius 2 is 1.80 bits per heavy atom. The van der Waals surface area contributed by atoms with Crippen molar-refractivity contribution in [2.45, 2.75) is 6.92 Å². The van der Waals surface area contributed by atoms with E-state index in [2.05, 4.69) is 33.8 Å². The standard InChI is InChI=1S/C29H23F2N5O5/c1-4-7-18(5-2)16-40-29(39)33-27-17(3)34-35-36(27)21-11-9-19(10-12-21)20-14-22(30)26(23(31)15-20)41-24-8-6-13-32-25(24)28(37)38/h4-15H,1-2,16H2,3H3,(H,33,39)(H,37,38)/b18-7+. The number of amides is 1. The number of anilines is 1. The van der Waals surface area contributed by atoms with Crippen LogP contribution in [0.25, 0.3) is 16.8 Å². The van der Waals surface area contributed by atoms with Crippen molar-refractivity contribution in [3.63, 3.8) is 0 Å². The minimum Gasteiger partial charge on any atom is -0.476 e. The number of nitrogens with zero attached hydrogens (tertiary/aromatic N) is 4. The average molecular weight is 560 g/mol. The van der Waals surface area contributed by atoms with Gasteiger partial charge in [0.1, 0.15) is 12.3 Å². The molecule has 0 aliphatic carbocycles. The number of aromatic carboxylic acids is 1. The molecule has 0 unspecified atom stereocenters. The number of halogens is 2. The number of allylic oxidation sites excluding steroid dienone is 2. The van der Waals surface area contributed by atoms with Gasteiger partial charge in [0.25, 0.3) is 0 Å². The highest BCUT2D eigenvalue weighted by Crippen LogP contribution is 2.33.